The smallest absolute Gasteiger partial charge is 0.228 e. The van der Waals surface area contributed by atoms with Gasteiger partial charge in [0.05, 0.1) is 31.3 Å². The van der Waals surface area contributed by atoms with Crippen LogP contribution in [0, 0.1) is 5.92 Å². The predicted octanol–water partition coefficient (Wildman–Crippen LogP) is 1.52. The van der Waals surface area contributed by atoms with E-state index in [1.807, 2.05) is 34.0 Å². The number of carbonyl (C=O) groups is 2. The van der Waals surface area contributed by atoms with Crippen LogP contribution in [-0.4, -0.2) is 50.5 Å². The highest BCUT2D eigenvalue weighted by Gasteiger charge is 2.40. The molecule has 2 atom stereocenters. The number of furan rings is 1. The quantitative estimate of drug-likeness (QED) is 0.826. The third kappa shape index (κ3) is 3.31. The lowest BCUT2D eigenvalue weighted by atomic mass is 10.1. The molecule has 2 aliphatic heterocycles. The monoisotopic (exact) mass is 342 g/mol. The van der Waals surface area contributed by atoms with Gasteiger partial charge in [-0.25, -0.2) is 0 Å². The van der Waals surface area contributed by atoms with Gasteiger partial charge in [-0.3, -0.25) is 14.3 Å². The SMILES string of the molecule is O=C1C[C@H](C(=O)N2CCC[C@@H]2Cn2cccn2)CN1Cc1ccco1. The maximum atomic E-state index is 13.0. The lowest BCUT2D eigenvalue weighted by Gasteiger charge is -2.27. The molecule has 0 aliphatic carbocycles. The van der Waals surface area contributed by atoms with Crippen LogP contribution >= 0.6 is 0 Å². The van der Waals surface area contributed by atoms with Crippen molar-refractivity contribution in [3.63, 3.8) is 0 Å². The van der Waals surface area contributed by atoms with Crippen LogP contribution in [0.25, 0.3) is 0 Å². The lowest BCUT2D eigenvalue weighted by Crippen LogP contribution is -2.42. The molecular weight excluding hydrogens is 320 g/mol. The molecule has 0 aromatic carbocycles. The van der Waals surface area contributed by atoms with Gasteiger partial charge in [-0.1, -0.05) is 0 Å². The van der Waals surface area contributed by atoms with Gasteiger partial charge in [-0.2, -0.15) is 5.10 Å². The fourth-order valence-electron chi connectivity index (χ4n) is 3.86. The van der Waals surface area contributed by atoms with Crippen molar-refractivity contribution in [3.8, 4) is 0 Å². The lowest BCUT2D eigenvalue weighted by molar-refractivity contribution is -0.136. The summed E-state index contributed by atoms with van der Waals surface area (Å²) < 4.78 is 7.19. The molecule has 0 saturated carbocycles. The van der Waals surface area contributed by atoms with Gasteiger partial charge in [0, 0.05) is 31.9 Å². The highest BCUT2D eigenvalue weighted by molar-refractivity contribution is 5.89. The standard InChI is InChI=1S/C18H22N4O3/c23-17-10-14(11-20(17)13-16-5-2-9-25-16)18(24)22-8-1-4-15(22)12-21-7-3-6-19-21/h2-3,5-7,9,14-15H,1,4,8,10-13H2/t14-,15+/m0/s1. The number of aromatic nitrogens is 2. The molecule has 7 heteroatoms. The second-order valence-electron chi connectivity index (χ2n) is 6.81. The normalized spacial score (nSPS) is 23.6. The summed E-state index contributed by atoms with van der Waals surface area (Å²) in [6.07, 6.45) is 7.57. The predicted molar refractivity (Wildman–Crippen MR) is 89.2 cm³/mol. The van der Waals surface area contributed by atoms with Crippen LogP contribution in [0.15, 0.2) is 41.3 Å². The summed E-state index contributed by atoms with van der Waals surface area (Å²) in [5.41, 5.74) is 0. The summed E-state index contributed by atoms with van der Waals surface area (Å²) >= 11 is 0. The zero-order chi connectivity index (χ0) is 17.2. The first-order valence-electron chi connectivity index (χ1n) is 8.79. The Bertz CT molecular complexity index is 726. The van der Waals surface area contributed by atoms with E-state index in [9.17, 15) is 9.59 Å². The van der Waals surface area contributed by atoms with Gasteiger partial charge in [0.1, 0.15) is 5.76 Å². The highest BCUT2D eigenvalue weighted by atomic mass is 16.3. The van der Waals surface area contributed by atoms with Gasteiger partial charge in [-0.05, 0) is 31.0 Å². The molecule has 4 rings (SSSR count). The summed E-state index contributed by atoms with van der Waals surface area (Å²) in [5.74, 6) is 0.627. The van der Waals surface area contributed by atoms with E-state index in [1.54, 1.807) is 17.4 Å². The van der Waals surface area contributed by atoms with Crippen molar-refractivity contribution in [2.75, 3.05) is 13.1 Å². The Morgan fingerprint density at radius 3 is 3.04 bits per heavy atom. The first-order chi connectivity index (χ1) is 12.2. The molecule has 0 bridgehead atoms. The first kappa shape index (κ1) is 15.9. The van der Waals surface area contributed by atoms with Crippen LogP contribution in [0.5, 0.6) is 0 Å². The van der Waals surface area contributed by atoms with Crippen LogP contribution in [0.1, 0.15) is 25.0 Å². The molecule has 2 aliphatic rings. The number of rotatable bonds is 5. The van der Waals surface area contributed by atoms with Gasteiger partial charge in [-0.15, -0.1) is 0 Å². The number of likely N-dealkylation sites (tertiary alicyclic amines) is 2. The van der Waals surface area contributed by atoms with E-state index in [-0.39, 0.29) is 23.8 Å². The van der Waals surface area contributed by atoms with Gasteiger partial charge in [0.2, 0.25) is 11.8 Å². The van der Waals surface area contributed by atoms with Crippen molar-refractivity contribution >= 4 is 11.8 Å². The summed E-state index contributed by atoms with van der Waals surface area (Å²) in [4.78, 5) is 28.9. The van der Waals surface area contributed by atoms with Crippen LogP contribution in [-0.2, 0) is 22.7 Å². The third-order valence-corrected chi connectivity index (χ3v) is 5.11. The van der Waals surface area contributed by atoms with E-state index in [1.165, 1.54) is 0 Å². The molecule has 2 amide bonds. The zero-order valence-corrected chi connectivity index (χ0v) is 14.1. The summed E-state index contributed by atoms with van der Waals surface area (Å²) in [6, 6.07) is 5.72. The van der Waals surface area contributed by atoms with E-state index >= 15 is 0 Å². The number of hydrogen-bond donors (Lipinski definition) is 0. The largest absolute Gasteiger partial charge is 0.467 e. The number of hydrogen-bond acceptors (Lipinski definition) is 4. The summed E-state index contributed by atoms with van der Waals surface area (Å²) in [5, 5.41) is 4.24. The Hall–Kier alpha value is -2.57. The van der Waals surface area contributed by atoms with E-state index in [4.69, 9.17) is 4.42 Å². The second-order valence-corrected chi connectivity index (χ2v) is 6.81. The number of nitrogens with zero attached hydrogens (tertiary/aromatic N) is 4. The minimum absolute atomic E-state index is 0.0255. The van der Waals surface area contributed by atoms with Crippen molar-refractivity contribution in [1.29, 1.82) is 0 Å². The molecule has 2 saturated heterocycles. The van der Waals surface area contributed by atoms with Gasteiger partial charge >= 0.3 is 0 Å². The summed E-state index contributed by atoms with van der Waals surface area (Å²) in [7, 11) is 0. The van der Waals surface area contributed by atoms with Crippen LogP contribution in [0.3, 0.4) is 0 Å². The Balaban J connectivity index is 1.39. The van der Waals surface area contributed by atoms with E-state index in [2.05, 4.69) is 5.10 Å². The van der Waals surface area contributed by atoms with Crippen molar-refractivity contribution in [3.05, 3.63) is 42.6 Å². The molecule has 132 valence electrons. The minimum atomic E-state index is -0.249. The molecule has 7 nitrogen and oxygen atoms in total. The third-order valence-electron chi connectivity index (χ3n) is 5.11. The van der Waals surface area contributed by atoms with E-state index in [0.29, 0.717) is 19.5 Å². The molecule has 2 aromatic rings. The summed E-state index contributed by atoms with van der Waals surface area (Å²) in [6.45, 7) is 2.40. The van der Waals surface area contributed by atoms with E-state index < -0.39 is 0 Å². The molecule has 0 radical (unpaired) electrons. The van der Waals surface area contributed by atoms with Crippen LogP contribution in [0.4, 0.5) is 0 Å². The van der Waals surface area contributed by atoms with Crippen molar-refractivity contribution in [2.24, 2.45) is 5.92 Å². The molecule has 25 heavy (non-hydrogen) atoms. The van der Waals surface area contributed by atoms with Crippen molar-refractivity contribution in [2.45, 2.75) is 38.4 Å². The Kier molecular flexibility index (Phi) is 4.29. The Morgan fingerprint density at radius 2 is 2.28 bits per heavy atom. The Morgan fingerprint density at radius 1 is 1.36 bits per heavy atom. The topological polar surface area (TPSA) is 71.6 Å². The van der Waals surface area contributed by atoms with Gasteiger partial charge < -0.3 is 14.2 Å². The average molecular weight is 342 g/mol. The number of amides is 2. The zero-order valence-electron chi connectivity index (χ0n) is 14.1. The molecule has 2 aromatic heterocycles. The van der Waals surface area contributed by atoms with Crippen LogP contribution in [0.2, 0.25) is 0 Å². The maximum Gasteiger partial charge on any atom is 0.228 e. The molecule has 4 heterocycles. The van der Waals surface area contributed by atoms with Gasteiger partial charge in [0.15, 0.2) is 0 Å². The Labute approximate surface area is 146 Å². The molecule has 0 N–H and O–H groups in total. The molecule has 0 spiro atoms. The molecular formula is C18H22N4O3. The second kappa shape index (κ2) is 6.74. The highest BCUT2D eigenvalue weighted by Crippen LogP contribution is 2.27. The van der Waals surface area contributed by atoms with Gasteiger partial charge in [0.25, 0.3) is 0 Å². The minimum Gasteiger partial charge on any atom is -0.467 e. The number of carbonyl (C=O) groups excluding carboxylic acids is 2. The van der Waals surface area contributed by atoms with Crippen molar-refractivity contribution < 1.29 is 14.0 Å². The molecule has 0 unspecified atom stereocenters. The fourth-order valence-corrected chi connectivity index (χ4v) is 3.86. The van der Waals surface area contributed by atoms with Crippen molar-refractivity contribution in [1.82, 2.24) is 19.6 Å². The molecule has 2 fully saturated rings. The maximum absolute atomic E-state index is 13.0. The fraction of sp³-hybridized carbons (Fsp3) is 0.500. The van der Waals surface area contributed by atoms with E-state index in [0.717, 1.165) is 31.7 Å². The average Bonchev–Trinajstić information content (AvgIpc) is 3.37. The first-order valence-corrected chi connectivity index (χ1v) is 8.79. The van der Waals surface area contributed by atoms with Crippen LogP contribution < -0.4 is 0 Å².